The van der Waals surface area contributed by atoms with E-state index in [-0.39, 0.29) is 0 Å². The monoisotopic (exact) mass is 240 g/mol. The summed E-state index contributed by atoms with van der Waals surface area (Å²) in [5.41, 5.74) is 2.52. The predicted molar refractivity (Wildman–Crippen MR) is 60.5 cm³/mol. The summed E-state index contributed by atoms with van der Waals surface area (Å²) >= 11 is 3.49. The number of hydrogen-bond donors (Lipinski definition) is 1. The maximum absolute atomic E-state index is 3.49. The van der Waals surface area contributed by atoms with Gasteiger partial charge in [0.2, 0.25) is 0 Å². The molecule has 0 unspecified atom stereocenters. The van der Waals surface area contributed by atoms with E-state index in [0.29, 0.717) is 0 Å². The van der Waals surface area contributed by atoms with Gasteiger partial charge in [0.25, 0.3) is 0 Å². The van der Waals surface area contributed by atoms with Crippen molar-refractivity contribution in [3.63, 3.8) is 0 Å². The normalized spacial score (nSPS) is 16.0. The summed E-state index contributed by atoms with van der Waals surface area (Å²) in [6.45, 7) is 2.19. The average molecular weight is 241 g/mol. The Balaban J connectivity index is 2.43. The molecular formula is C10H13BrN2. The van der Waals surface area contributed by atoms with Gasteiger partial charge in [0.1, 0.15) is 0 Å². The first-order chi connectivity index (χ1) is 6.27. The number of halogens is 1. The van der Waals surface area contributed by atoms with E-state index in [9.17, 15) is 0 Å². The van der Waals surface area contributed by atoms with E-state index in [1.807, 2.05) is 0 Å². The smallest absolute Gasteiger partial charge is 0.0610 e. The van der Waals surface area contributed by atoms with Crippen LogP contribution in [0, 0.1) is 0 Å². The van der Waals surface area contributed by atoms with Crippen LogP contribution in [0.5, 0.6) is 0 Å². The summed E-state index contributed by atoms with van der Waals surface area (Å²) in [4.78, 5) is 2.29. The Labute approximate surface area is 87.1 Å². The molecule has 1 aliphatic rings. The number of benzene rings is 1. The van der Waals surface area contributed by atoms with Gasteiger partial charge in [-0.2, -0.15) is 0 Å². The van der Waals surface area contributed by atoms with E-state index in [4.69, 9.17) is 0 Å². The Morgan fingerprint density at radius 2 is 2.31 bits per heavy atom. The quantitative estimate of drug-likeness (QED) is 0.751. The van der Waals surface area contributed by atoms with Gasteiger partial charge in [-0.3, -0.25) is 0 Å². The van der Waals surface area contributed by atoms with Crippen LogP contribution in [0.15, 0.2) is 22.7 Å². The zero-order chi connectivity index (χ0) is 9.26. The van der Waals surface area contributed by atoms with Crippen LogP contribution in [-0.4, -0.2) is 20.1 Å². The van der Waals surface area contributed by atoms with Crippen molar-refractivity contribution in [1.82, 2.24) is 0 Å². The van der Waals surface area contributed by atoms with E-state index >= 15 is 0 Å². The van der Waals surface area contributed by atoms with E-state index in [0.717, 1.165) is 17.6 Å². The molecule has 0 spiro atoms. The molecule has 2 rings (SSSR count). The third-order valence-electron chi connectivity index (χ3n) is 2.36. The van der Waals surface area contributed by atoms with Crippen LogP contribution in [0.2, 0.25) is 0 Å². The van der Waals surface area contributed by atoms with Gasteiger partial charge in [0.05, 0.1) is 11.4 Å². The second kappa shape index (κ2) is 3.58. The first-order valence-corrected chi connectivity index (χ1v) is 5.31. The van der Waals surface area contributed by atoms with Gasteiger partial charge in [-0.05, 0) is 24.6 Å². The van der Waals surface area contributed by atoms with Crippen LogP contribution in [0.1, 0.15) is 6.42 Å². The molecule has 0 radical (unpaired) electrons. The molecule has 3 heteroatoms. The lowest BCUT2D eigenvalue weighted by molar-refractivity contribution is 0.837. The maximum atomic E-state index is 3.49. The number of nitrogens with one attached hydrogen (secondary N) is 1. The first-order valence-electron chi connectivity index (χ1n) is 4.52. The zero-order valence-corrected chi connectivity index (χ0v) is 9.26. The molecule has 0 fully saturated rings. The van der Waals surface area contributed by atoms with Crippen LogP contribution < -0.4 is 10.2 Å². The van der Waals surface area contributed by atoms with Gasteiger partial charge in [-0.1, -0.05) is 15.9 Å². The van der Waals surface area contributed by atoms with Crippen LogP contribution in [-0.2, 0) is 0 Å². The summed E-state index contributed by atoms with van der Waals surface area (Å²) in [5, 5.41) is 3.42. The topological polar surface area (TPSA) is 15.3 Å². The average Bonchev–Trinajstić information content (AvgIpc) is 2.29. The van der Waals surface area contributed by atoms with Crippen molar-refractivity contribution in [2.75, 3.05) is 30.4 Å². The highest BCUT2D eigenvalue weighted by molar-refractivity contribution is 9.10. The summed E-state index contributed by atoms with van der Waals surface area (Å²) in [6.07, 6.45) is 1.20. The minimum atomic E-state index is 1.07. The number of nitrogens with zero attached hydrogens (tertiary/aromatic N) is 1. The minimum absolute atomic E-state index is 1.07. The second-order valence-electron chi connectivity index (χ2n) is 3.36. The maximum Gasteiger partial charge on any atom is 0.0610 e. The Hall–Kier alpha value is -0.700. The van der Waals surface area contributed by atoms with Crippen LogP contribution in [0.25, 0.3) is 0 Å². The molecule has 1 N–H and O–H groups in total. The lowest BCUT2D eigenvalue weighted by Gasteiger charge is -2.18. The molecule has 70 valence electrons. The Bertz CT molecular complexity index is 312. The molecule has 0 amide bonds. The highest BCUT2D eigenvalue weighted by atomic mass is 79.9. The SMILES string of the molecule is CN1CCCNc2ccc(Br)cc21. The summed E-state index contributed by atoms with van der Waals surface area (Å²) in [5.74, 6) is 0. The fourth-order valence-electron chi connectivity index (χ4n) is 1.63. The molecule has 0 aliphatic carbocycles. The highest BCUT2D eigenvalue weighted by Gasteiger charge is 2.10. The highest BCUT2D eigenvalue weighted by Crippen LogP contribution is 2.30. The van der Waals surface area contributed by atoms with Crippen LogP contribution in [0.4, 0.5) is 11.4 Å². The lowest BCUT2D eigenvalue weighted by atomic mass is 10.2. The third-order valence-corrected chi connectivity index (χ3v) is 2.85. The van der Waals surface area contributed by atoms with Crippen molar-refractivity contribution in [3.05, 3.63) is 22.7 Å². The molecule has 1 aromatic carbocycles. The van der Waals surface area contributed by atoms with Crippen molar-refractivity contribution < 1.29 is 0 Å². The predicted octanol–water partition coefficient (Wildman–Crippen LogP) is 2.70. The van der Waals surface area contributed by atoms with Crippen LogP contribution in [0.3, 0.4) is 0 Å². The van der Waals surface area contributed by atoms with Crippen molar-refractivity contribution in [3.8, 4) is 0 Å². The van der Waals surface area contributed by atoms with Gasteiger partial charge >= 0.3 is 0 Å². The second-order valence-corrected chi connectivity index (χ2v) is 4.28. The zero-order valence-electron chi connectivity index (χ0n) is 7.68. The molecule has 2 nitrogen and oxygen atoms in total. The summed E-state index contributed by atoms with van der Waals surface area (Å²) in [7, 11) is 2.14. The van der Waals surface area contributed by atoms with Gasteiger partial charge in [0.15, 0.2) is 0 Å². The Morgan fingerprint density at radius 3 is 3.15 bits per heavy atom. The molecule has 0 atom stereocenters. The molecule has 0 saturated carbocycles. The lowest BCUT2D eigenvalue weighted by Crippen LogP contribution is -2.17. The largest absolute Gasteiger partial charge is 0.383 e. The fraction of sp³-hybridized carbons (Fsp3) is 0.400. The molecule has 1 aromatic rings. The Kier molecular flexibility index (Phi) is 2.44. The van der Waals surface area contributed by atoms with E-state index < -0.39 is 0 Å². The fourth-order valence-corrected chi connectivity index (χ4v) is 1.98. The molecule has 13 heavy (non-hydrogen) atoms. The van der Waals surface area contributed by atoms with Crippen molar-refractivity contribution in [1.29, 1.82) is 0 Å². The standard InChI is InChI=1S/C10H13BrN2/c1-13-6-2-5-12-9-4-3-8(11)7-10(9)13/h3-4,7,12H,2,5-6H2,1H3. The summed E-state index contributed by atoms with van der Waals surface area (Å²) in [6, 6.07) is 6.36. The first kappa shape index (κ1) is 8.88. The van der Waals surface area contributed by atoms with E-state index in [1.54, 1.807) is 0 Å². The number of hydrogen-bond acceptors (Lipinski definition) is 2. The molecule has 0 bridgehead atoms. The van der Waals surface area contributed by atoms with Crippen LogP contribution >= 0.6 is 15.9 Å². The Morgan fingerprint density at radius 1 is 1.46 bits per heavy atom. The van der Waals surface area contributed by atoms with Gasteiger partial charge in [-0.25, -0.2) is 0 Å². The number of rotatable bonds is 0. The molecule has 1 aliphatic heterocycles. The van der Waals surface area contributed by atoms with E-state index in [1.165, 1.54) is 17.8 Å². The summed E-state index contributed by atoms with van der Waals surface area (Å²) < 4.78 is 1.14. The number of anilines is 2. The van der Waals surface area contributed by atoms with Gasteiger partial charge in [-0.15, -0.1) is 0 Å². The number of fused-ring (bicyclic) bond motifs is 1. The minimum Gasteiger partial charge on any atom is -0.383 e. The molecular weight excluding hydrogens is 228 g/mol. The van der Waals surface area contributed by atoms with Crippen molar-refractivity contribution >= 4 is 27.3 Å². The van der Waals surface area contributed by atoms with Gasteiger partial charge in [0, 0.05) is 24.6 Å². The molecule has 0 saturated heterocycles. The molecule has 1 heterocycles. The van der Waals surface area contributed by atoms with Crippen molar-refractivity contribution in [2.45, 2.75) is 6.42 Å². The van der Waals surface area contributed by atoms with Gasteiger partial charge < -0.3 is 10.2 Å². The third kappa shape index (κ3) is 1.80. The van der Waals surface area contributed by atoms with E-state index in [2.05, 4.69) is 51.4 Å². The molecule has 0 aromatic heterocycles. The van der Waals surface area contributed by atoms with Crippen molar-refractivity contribution in [2.24, 2.45) is 0 Å².